The summed E-state index contributed by atoms with van der Waals surface area (Å²) in [5.41, 5.74) is 0.0569. The van der Waals surface area contributed by atoms with Gasteiger partial charge in [0.2, 0.25) is 17.2 Å². The van der Waals surface area contributed by atoms with Gasteiger partial charge in [0.25, 0.3) is 0 Å². The molecular weight excluding hydrogens is 341 g/mol. The van der Waals surface area contributed by atoms with Crippen molar-refractivity contribution in [3.8, 4) is 0 Å². The number of pyridine rings is 1. The van der Waals surface area contributed by atoms with Crippen LogP contribution in [-0.2, 0) is 17.4 Å². The van der Waals surface area contributed by atoms with Crippen molar-refractivity contribution in [1.82, 2.24) is 14.6 Å². The van der Waals surface area contributed by atoms with Gasteiger partial charge in [-0.25, -0.2) is 9.97 Å². The molecule has 0 fully saturated rings. The first-order valence-corrected chi connectivity index (χ1v) is 7.48. The molecule has 132 valence electrons. The predicted molar refractivity (Wildman–Crippen MR) is 82.6 cm³/mol. The van der Waals surface area contributed by atoms with Gasteiger partial charge in [0.1, 0.15) is 17.0 Å². The SMILES string of the molecule is CCC(=O)Nn1c(CC)nc2c(oc3nc(C(F)(F)F)ccc32)c1=O. The molecule has 1 amide bonds. The maximum atomic E-state index is 12.8. The lowest BCUT2D eigenvalue weighted by atomic mass is 10.2. The first kappa shape index (κ1) is 16.9. The minimum Gasteiger partial charge on any atom is -0.430 e. The summed E-state index contributed by atoms with van der Waals surface area (Å²) in [6.07, 6.45) is -4.18. The van der Waals surface area contributed by atoms with Crippen LogP contribution in [0.1, 0.15) is 31.8 Å². The number of alkyl halides is 3. The molecule has 0 aliphatic heterocycles. The number of nitrogens with zero attached hydrogens (tertiary/aromatic N) is 3. The number of hydrogen-bond acceptors (Lipinski definition) is 5. The van der Waals surface area contributed by atoms with Crippen LogP contribution in [0.5, 0.6) is 0 Å². The van der Waals surface area contributed by atoms with Gasteiger partial charge in [-0.2, -0.15) is 17.8 Å². The maximum absolute atomic E-state index is 12.8. The van der Waals surface area contributed by atoms with Gasteiger partial charge in [0, 0.05) is 12.8 Å². The number of hydrogen-bond donors (Lipinski definition) is 1. The minimum absolute atomic E-state index is 0.111. The fourth-order valence-corrected chi connectivity index (χ4v) is 2.33. The highest BCUT2D eigenvalue weighted by atomic mass is 19.4. The van der Waals surface area contributed by atoms with Crippen molar-refractivity contribution in [1.29, 1.82) is 0 Å². The van der Waals surface area contributed by atoms with Crippen LogP contribution in [0.15, 0.2) is 21.3 Å². The summed E-state index contributed by atoms with van der Waals surface area (Å²) in [4.78, 5) is 31.8. The molecule has 25 heavy (non-hydrogen) atoms. The highest BCUT2D eigenvalue weighted by Crippen LogP contribution is 2.31. The van der Waals surface area contributed by atoms with Crippen molar-refractivity contribution in [2.75, 3.05) is 5.43 Å². The van der Waals surface area contributed by atoms with Crippen LogP contribution in [0.25, 0.3) is 22.2 Å². The number of amides is 1. The van der Waals surface area contributed by atoms with Gasteiger partial charge < -0.3 is 4.42 Å². The lowest BCUT2D eigenvalue weighted by Crippen LogP contribution is -2.35. The van der Waals surface area contributed by atoms with E-state index in [9.17, 15) is 22.8 Å². The third kappa shape index (κ3) is 2.83. The van der Waals surface area contributed by atoms with Crippen LogP contribution < -0.4 is 11.0 Å². The summed E-state index contributed by atoms with van der Waals surface area (Å²) in [5.74, 6) is -0.159. The number of furan rings is 1. The first-order chi connectivity index (χ1) is 11.8. The molecule has 0 unspecified atom stereocenters. The molecular formula is C15H13F3N4O3. The number of nitrogens with one attached hydrogen (secondary N) is 1. The summed E-state index contributed by atoms with van der Waals surface area (Å²) in [6.45, 7) is 3.34. The summed E-state index contributed by atoms with van der Waals surface area (Å²) in [6, 6.07) is 1.97. The molecule has 0 radical (unpaired) electrons. The smallest absolute Gasteiger partial charge is 0.430 e. The molecule has 0 aliphatic carbocycles. The molecule has 0 atom stereocenters. The molecule has 3 rings (SSSR count). The highest BCUT2D eigenvalue weighted by Gasteiger charge is 2.33. The lowest BCUT2D eigenvalue weighted by molar-refractivity contribution is -0.141. The van der Waals surface area contributed by atoms with E-state index >= 15 is 0 Å². The molecule has 0 saturated carbocycles. The number of carbonyl (C=O) groups excluding carboxylic acids is 1. The molecule has 7 nitrogen and oxygen atoms in total. The monoisotopic (exact) mass is 354 g/mol. The van der Waals surface area contributed by atoms with Gasteiger partial charge in [-0.05, 0) is 12.1 Å². The van der Waals surface area contributed by atoms with Gasteiger partial charge in [-0.3, -0.25) is 15.0 Å². The Morgan fingerprint density at radius 1 is 1.28 bits per heavy atom. The van der Waals surface area contributed by atoms with E-state index in [0.29, 0.717) is 6.42 Å². The van der Waals surface area contributed by atoms with Crippen LogP contribution in [0.2, 0.25) is 0 Å². The third-order valence-electron chi connectivity index (χ3n) is 3.59. The Bertz CT molecular complexity index is 1040. The second-order valence-electron chi connectivity index (χ2n) is 5.24. The lowest BCUT2D eigenvalue weighted by Gasteiger charge is -2.10. The van der Waals surface area contributed by atoms with Gasteiger partial charge in [0.15, 0.2) is 0 Å². The molecule has 3 aromatic rings. The second kappa shape index (κ2) is 5.87. The fourth-order valence-electron chi connectivity index (χ4n) is 2.33. The van der Waals surface area contributed by atoms with E-state index in [1.54, 1.807) is 13.8 Å². The second-order valence-corrected chi connectivity index (χ2v) is 5.24. The zero-order chi connectivity index (χ0) is 18.4. The Morgan fingerprint density at radius 3 is 2.60 bits per heavy atom. The van der Waals surface area contributed by atoms with Crippen molar-refractivity contribution in [2.24, 2.45) is 0 Å². The standard InChI is InChI=1S/C15H13F3N4O3/c1-3-9-20-11-7-5-6-8(15(16,17)18)19-13(7)25-12(11)14(24)22(9)21-10(23)4-2/h5-6H,3-4H2,1-2H3,(H,21,23). The molecule has 0 saturated heterocycles. The van der Waals surface area contributed by atoms with Crippen LogP contribution in [0.4, 0.5) is 13.2 Å². The van der Waals surface area contributed by atoms with Gasteiger partial charge in [0.05, 0.1) is 5.39 Å². The van der Waals surface area contributed by atoms with Crippen molar-refractivity contribution < 1.29 is 22.4 Å². The molecule has 0 bridgehead atoms. The predicted octanol–water partition coefficient (Wildman–Crippen LogP) is 2.60. The van der Waals surface area contributed by atoms with Crippen molar-refractivity contribution in [3.05, 3.63) is 34.0 Å². The molecule has 0 aliphatic rings. The van der Waals surface area contributed by atoms with E-state index in [2.05, 4.69) is 15.4 Å². The van der Waals surface area contributed by atoms with E-state index in [4.69, 9.17) is 4.42 Å². The quantitative estimate of drug-likeness (QED) is 0.781. The molecule has 0 aromatic carbocycles. The Morgan fingerprint density at radius 2 is 2.00 bits per heavy atom. The topological polar surface area (TPSA) is 90.0 Å². The molecule has 10 heteroatoms. The average molecular weight is 354 g/mol. The van der Waals surface area contributed by atoms with Crippen LogP contribution >= 0.6 is 0 Å². The number of aryl methyl sites for hydroxylation is 1. The summed E-state index contributed by atoms with van der Waals surface area (Å²) < 4.78 is 44.5. The summed E-state index contributed by atoms with van der Waals surface area (Å²) in [5, 5.41) is 0.198. The summed E-state index contributed by atoms with van der Waals surface area (Å²) >= 11 is 0. The van der Waals surface area contributed by atoms with Gasteiger partial charge in [-0.15, -0.1) is 0 Å². The van der Waals surface area contributed by atoms with Crippen LogP contribution in [0.3, 0.4) is 0 Å². The van der Waals surface area contributed by atoms with E-state index in [-0.39, 0.29) is 34.4 Å². The molecule has 1 N–H and O–H groups in total. The largest absolute Gasteiger partial charge is 0.433 e. The highest BCUT2D eigenvalue weighted by molar-refractivity contribution is 6.00. The maximum Gasteiger partial charge on any atom is 0.433 e. The fraction of sp³-hybridized carbons (Fsp3) is 0.333. The van der Waals surface area contributed by atoms with Crippen LogP contribution in [0, 0.1) is 0 Å². The van der Waals surface area contributed by atoms with Crippen molar-refractivity contribution in [3.63, 3.8) is 0 Å². The normalized spacial score (nSPS) is 12.0. The Hall–Kier alpha value is -2.91. The minimum atomic E-state index is -4.63. The molecule has 0 spiro atoms. The number of rotatable bonds is 3. The number of carbonyl (C=O) groups is 1. The zero-order valence-electron chi connectivity index (χ0n) is 13.3. The van der Waals surface area contributed by atoms with E-state index < -0.39 is 23.3 Å². The van der Waals surface area contributed by atoms with Crippen LogP contribution in [-0.4, -0.2) is 20.6 Å². The third-order valence-corrected chi connectivity index (χ3v) is 3.59. The zero-order valence-corrected chi connectivity index (χ0v) is 13.3. The number of fused-ring (bicyclic) bond motifs is 3. The van der Waals surface area contributed by atoms with E-state index in [0.717, 1.165) is 16.8 Å². The van der Waals surface area contributed by atoms with Crippen molar-refractivity contribution >= 4 is 28.1 Å². The summed E-state index contributed by atoms with van der Waals surface area (Å²) in [7, 11) is 0. The van der Waals surface area contributed by atoms with Gasteiger partial charge in [-0.1, -0.05) is 13.8 Å². The number of aromatic nitrogens is 3. The Kier molecular flexibility index (Phi) is 3.97. The Labute approximate surface area is 138 Å². The van der Waals surface area contributed by atoms with Crippen molar-refractivity contribution in [2.45, 2.75) is 32.9 Å². The van der Waals surface area contributed by atoms with E-state index in [1.807, 2.05) is 0 Å². The average Bonchev–Trinajstić information content (AvgIpc) is 2.94. The first-order valence-electron chi connectivity index (χ1n) is 7.48. The Balaban J connectivity index is 2.29. The number of halogens is 3. The van der Waals surface area contributed by atoms with E-state index in [1.165, 1.54) is 0 Å². The van der Waals surface area contributed by atoms with Gasteiger partial charge >= 0.3 is 11.7 Å². The molecule has 3 aromatic heterocycles. The molecule has 3 heterocycles.